The molecule has 2 amide bonds. The molecule has 2 heterocycles. The number of benzene rings is 3. The number of fused-ring (bicyclic) bond motifs is 1. The number of aryl methyl sites for hydroxylation is 1. The summed E-state index contributed by atoms with van der Waals surface area (Å²) in [4.78, 5) is 23.9. The topological polar surface area (TPSA) is 103 Å². The number of rotatable bonds is 7. The van der Waals surface area contributed by atoms with E-state index < -0.39 is 17.6 Å². The van der Waals surface area contributed by atoms with Gasteiger partial charge in [0.25, 0.3) is 5.91 Å². The van der Waals surface area contributed by atoms with E-state index in [9.17, 15) is 9.59 Å². The molecule has 1 aliphatic rings. The Balaban J connectivity index is 1.47. The number of nitrogens with one attached hydrogen (secondary N) is 2. The van der Waals surface area contributed by atoms with Gasteiger partial charge in [0.2, 0.25) is 5.60 Å². The van der Waals surface area contributed by atoms with Gasteiger partial charge in [-0.25, -0.2) is 4.79 Å². The van der Waals surface area contributed by atoms with Crippen LogP contribution in [0.5, 0.6) is 17.2 Å². The fraction of sp³-hybridized carbons (Fsp3) is 0.222. The van der Waals surface area contributed by atoms with Crippen molar-refractivity contribution in [3.05, 3.63) is 71.8 Å². The average molecular weight is 472 g/mol. The summed E-state index contributed by atoms with van der Waals surface area (Å²) in [5.74, 6) is 1.53. The molecular formula is C27H25N3O5. The van der Waals surface area contributed by atoms with Crippen LogP contribution >= 0.6 is 0 Å². The van der Waals surface area contributed by atoms with Crippen molar-refractivity contribution in [3.63, 3.8) is 0 Å². The lowest BCUT2D eigenvalue weighted by Crippen LogP contribution is -2.33. The van der Waals surface area contributed by atoms with Gasteiger partial charge in [-0.15, -0.1) is 0 Å². The lowest BCUT2D eigenvalue weighted by atomic mass is 9.95. The van der Waals surface area contributed by atoms with Crippen LogP contribution in [0.1, 0.15) is 31.4 Å². The molecule has 3 aromatic carbocycles. The molecule has 2 N–H and O–H groups in total. The van der Waals surface area contributed by atoms with Gasteiger partial charge in [0.1, 0.15) is 17.2 Å². The number of alkyl carbamates (subject to hydrolysis) is 1. The van der Waals surface area contributed by atoms with Gasteiger partial charge in [0.15, 0.2) is 0 Å². The van der Waals surface area contributed by atoms with Crippen LogP contribution in [0.3, 0.4) is 0 Å². The van der Waals surface area contributed by atoms with Crippen LogP contribution in [0.25, 0.3) is 22.2 Å². The van der Waals surface area contributed by atoms with Gasteiger partial charge in [-0.05, 0) is 61.4 Å². The first-order chi connectivity index (χ1) is 16.9. The number of aromatic nitrogens is 2. The first kappa shape index (κ1) is 22.5. The predicted molar refractivity (Wildman–Crippen MR) is 131 cm³/mol. The van der Waals surface area contributed by atoms with Crippen LogP contribution in [-0.4, -0.2) is 29.3 Å². The molecule has 0 saturated carbocycles. The Bertz CT molecular complexity index is 1440. The van der Waals surface area contributed by atoms with Crippen molar-refractivity contribution in [1.82, 2.24) is 15.5 Å². The molecule has 0 aliphatic carbocycles. The number of imide groups is 1. The maximum absolute atomic E-state index is 12.3. The molecule has 1 fully saturated rings. The van der Waals surface area contributed by atoms with Gasteiger partial charge in [-0.1, -0.05) is 25.5 Å². The van der Waals surface area contributed by atoms with Crippen LogP contribution in [-0.2, 0) is 21.6 Å². The standard InChI is InChI=1S/C27H25N3O5/c1-4-6-16-13-17(24-21-11-10-19(33-3)15-22(21)29-30-24)9-12-23(16)34-20-8-5-7-18(14-20)27(2)25(31)28-26(32)35-27/h5,7-15H,4,6H2,1-3H3,(H,29,30)(H,28,31,32)/t27-/m1/s1. The monoisotopic (exact) mass is 471 g/mol. The Hall–Kier alpha value is -4.33. The van der Waals surface area contributed by atoms with E-state index >= 15 is 0 Å². The van der Waals surface area contributed by atoms with Crippen molar-refractivity contribution in [1.29, 1.82) is 0 Å². The van der Waals surface area contributed by atoms with E-state index in [0.29, 0.717) is 17.1 Å². The maximum atomic E-state index is 12.3. The fourth-order valence-corrected chi connectivity index (χ4v) is 4.28. The Kier molecular flexibility index (Phi) is 5.64. The third-order valence-corrected chi connectivity index (χ3v) is 6.18. The molecule has 35 heavy (non-hydrogen) atoms. The third-order valence-electron chi connectivity index (χ3n) is 6.18. The van der Waals surface area contributed by atoms with Crippen LogP contribution < -0.4 is 14.8 Å². The summed E-state index contributed by atoms with van der Waals surface area (Å²) in [7, 11) is 1.64. The molecule has 1 atom stereocenters. The minimum Gasteiger partial charge on any atom is -0.497 e. The third kappa shape index (κ3) is 4.07. The van der Waals surface area contributed by atoms with Crippen LogP contribution in [0.2, 0.25) is 0 Å². The highest BCUT2D eigenvalue weighted by atomic mass is 16.6. The zero-order chi connectivity index (χ0) is 24.6. The largest absolute Gasteiger partial charge is 0.497 e. The number of carbonyl (C=O) groups is 2. The summed E-state index contributed by atoms with van der Waals surface area (Å²) in [5.41, 5.74) is 2.92. The number of cyclic esters (lactones) is 1. The molecule has 1 aliphatic heterocycles. The van der Waals surface area contributed by atoms with Gasteiger partial charge in [-0.3, -0.25) is 15.2 Å². The van der Waals surface area contributed by atoms with Crippen molar-refractivity contribution in [2.75, 3.05) is 7.11 Å². The molecule has 8 nitrogen and oxygen atoms in total. The highest BCUT2D eigenvalue weighted by Gasteiger charge is 2.46. The van der Waals surface area contributed by atoms with E-state index in [-0.39, 0.29) is 0 Å². The number of ether oxygens (including phenoxy) is 3. The normalized spacial score (nSPS) is 17.3. The lowest BCUT2D eigenvalue weighted by molar-refractivity contribution is -0.130. The summed E-state index contributed by atoms with van der Waals surface area (Å²) in [6.45, 7) is 3.68. The number of carbonyl (C=O) groups excluding carboxylic acids is 2. The van der Waals surface area contributed by atoms with Gasteiger partial charge < -0.3 is 14.2 Å². The summed E-state index contributed by atoms with van der Waals surface area (Å²) in [6.07, 6.45) is 0.998. The van der Waals surface area contributed by atoms with Crippen molar-refractivity contribution in [2.45, 2.75) is 32.3 Å². The zero-order valence-electron chi connectivity index (χ0n) is 19.7. The summed E-state index contributed by atoms with van der Waals surface area (Å²) < 4.78 is 16.8. The summed E-state index contributed by atoms with van der Waals surface area (Å²) in [5, 5.41) is 10.8. The number of H-pyrrole nitrogens is 1. The number of nitrogens with zero attached hydrogens (tertiary/aromatic N) is 1. The SMILES string of the molecule is CCCc1cc(-c2n[nH]c3cc(OC)ccc23)ccc1Oc1cccc([C@@]2(C)OC(=O)NC2=O)c1. The summed E-state index contributed by atoms with van der Waals surface area (Å²) >= 11 is 0. The van der Waals surface area contributed by atoms with Crippen LogP contribution in [0, 0.1) is 0 Å². The van der Waals surface area contributed by atoms with Gasteiger partial charge in [0.05, 0.1) is 18.3 Å². The minimum absolute atomic E-state index is 0.500. The highest BCUT2D eigenvalue weighted by Crippen LogP contribution is 2.36. The van der Waals surface area contributed by atoms with Crippen molar-refractivity contribution in [3.8, 4) is 28.5 Å². The number of aromatic amines is 1. The smallest absolute Gasteiger partial charge is 0.415 e. The Morgan fingerprint density at radius 3 is 2.63 bits per heavy atom. The maximum Gasteiger partial charge on any atom is 0.415 e. The number of hydrogen-bond donors (Lipinski definition) is 2. The van der Waals surface area contributed by atoms with Crippen LogP contribution in [0.4, 0.5) is 4.79 Å². The number of methoxy groups -OCH3 is 1. The molecular weight excluding hydrogens is 446 g/mol. The van der Waals surface area contributed by atoms with E-state index in [2.05, 4.69) is 28.5 Å². The Morgan fingerprint density at radius 2 is 1.89 bits per heavy atom. The molecule has 1 saturated heterocycles. The molecule has 0 unspecified atom stereocenters. The lowest BCUT2D eigenvalue weighted by Gasteiger charge is -2.20. The van der Waals surface area contributed by atoms with E-state index in [1.54, 1.807) is 38.3 Å². The molecule has 1 aromatic heterocycles. The molecule has 5 rings (SSSR count). The van der Waals surface area contributed by atoms with Gasteiger partial charge in [0, 0.05) is 22.6 Å². The first-order valence-corrected chi connectivity index (χ1v) is 11.4. The Morgan fingerprint density at radius 1 is 1.03 bits per heavy atom. The molecule has 0 radical (unpaired) electrons. The van der Waals surface area contributed by atoms with E-state index in [1.807, 2.05) is 30.3 Å². The molecule has 8 heteroatoms. The molecule has 178 valence electrons. The molecule has 0 bridgehead atoms. The average Bonchev–Trinajstić information content (AvgIpc) is 3.40. The minimum atomic E-state index is -1.39. The number of hydrogen-bond acceptors (Lipinski definition) is 6. The quantitative estimate of drug-likeness (QED) is 0.371. The van der Waals surface area contributed by atoms with E-state index in [1.165, 1.54) is 0 Å². The second kappa shape index (κ2) is 8.79. The van der Waals surface area contributed by atoms with Crippen molar-refractivity contribution < 1.29 is 23.8 Å². The molecule has 0 spiro atoms. The second-order valence-corrected chi connectivity index (χ2v) is 8.56. The first-order valence-electron chi connectivity index (χ1n) is 11.4. The second-order valence-electron chi connectivity index (χ2n) is 8.56. The van der Waals surface area contributed by atoms with Crippen LogP contribution in [0.15, 0.2) is 60.7 Å². The predicted octanol–water partition coefficient (Wildman–Crippen LogP) is 5.46. The van der Waals surface area contributed by atoms with Crippen molar-refractivity contribution >= 4 is 22.9 Å². The van der Waals surface area contributed by atoms with Gasteiger partial charge >= 0.3 is 6.09 Å². The van der Waals surface area contributed by atoms with E-state index in [0.717, 1.165) is 46.3 Å². The Labute approximate surface area is 202 Å². The van der Waals surface area contributed by atoms with Crippen molar-refractivity contribution in [2.24, 2.45) is 0 Å². The molecule has 4 aromatic rings. The fourth-order valence-electron chi connectivity index (χ4n) is 4.28. The zero-order valence-corrected chi connectivity index (χ0v) is 19.7. The van der Waals surface area contributed by atoms with Gasteiger partial charge in [-0.2, -0.15) is 5.10 Å². The summed E-state index contributed by atoms with van der Waals surface area (Å²) in [6, 6.07) is 18.9. The highest BCUT2D eigenvalue weighted by molar-refractivity contribution is 6.03. The van der Waals surface area contributed by atoms with E-state index in [4.69, 9.17) is 14.2 Å². The number of amides is 2.